The van der Waals surface area contributed by atoms with E-state index in [0.717, 1.165) is 4.90 Å². The molecule has 0 bridgehead atoms. The van der Waals surface area contributed by atoms with Gasteiger partial charge in [-0.2, -0.15) is 8.78 Å². The third kappa shape index (κ3) is 3.04. The number of hydrogen-bond donors (Lipinski definition) is 1. The van der Waals surface area contributed by atoms with Gasteiger partial charge in [-0.25, -0.2) is 0 Å². The average molecular weight is 259 g/mol. The zero-order chi connectivity index (χ0) is 15.0. The van der Waals surface area contributed by atoms with E-state index in [0.29, 0.717) is 5.56 Å². The molecule has 1 N–H and O–H groups in total. The van der Waals surface area contributed by atoms with Gasteiger partial charge in [-0.1, -0.05) is 30.3 Å². The van der Waals surface area contributed by atoms with E-state index in [2.05, 4.69) is 4.74 Å². The standard InChI is InChI=1S/C13H17F2NO2/c1-10-12(8-17)16(9-13(14,15)18-10)7-11-5-3-2-4-6-11/h2-6,10,12,17H,7-9H2,1H3/t10-,12+/m0/s1/i9D2. The van der Waals surface area contributed by atoms with E-state index < -0.39 is 31.4 Å². The zero-order valence-electron chi connectivity index (χ0n) is 12.0. The largest absolute Gasteiger partial charge is 0.395 e. The molecule has 3 nitrogen and oxygen atoms in total. The van der Waals surface area contributed by atoms with Gasteiger partial charge >= 0.3 is 6.11 Å². The fourth-order valence-electron chi connectivity index (χ4n) is 2.03. The molecule has 0 unspecified atom stereocenters. The van der Waals surface area contributed by atoms with E-state index in [-0.39, 0.29) is 6.54 Å². The van der Waals surface area contributed by atoms with Crippen LogP contribution in [-0.4, -0.2) is 41.4 Å². The highest BCUT2D eigenvalue weighted by Gasteiger charge is 2.44. The first-order chi connectivity index (χ1) is 9.29. The Bertz CT molecular complexity index is 459. The van der Waals surface area contributed by atoms with Crippen LogP contribution in [0.15, 0.2) is 30.3 Å². The fraction of sp³-hybridized carbons (Fsp3) is 0.538. The number of hydrogen-bond acceptors (Lipinski definition) is 3. The molecule has 1 saturated heterocycles. The van der Waals surface area contributed by atoms with Crippen LogP contribution in [0.4, 0.5) is 8.78 Å². The van der Waals surface area contributed by atoms with Gasteiger partial charge in [0.15, 0.2) is 0 Å². The zero-order valence-corrected chi connectivity index (χ0v) is 10.0. The number of ether oxygens (including phenoxy) is 1. The summed E-state index contributed by atoms with van der Waals surface area (Å²) in [4.78, 5) is 0.969. The molecule has 0 amide bonds. The van der Waals surface area contributed by atoms with Crippen molar-refractivity contribution in [1.29, 1.82) is 0 Å². The predicted octanol–water partition coefficient (Wildman–Crippen LogP) is 1.86. The first-order valence-electron chi connectivity index (χ1n) is 6.77. The third-order valence-electron chi connectivity index (χ3n) is 2.93. The van der Waals surface area contributed by atoms with Gasteiger partial charge in [-0.05, 0) is 12.5 Å². The van der Waals surface area contributed by atoms with Gasteiger partial charge in [0.25, 0.3) is 0 Å². The van der Waals surface area contributed by atoms with Crippen molar-refractivity contribution >= 4 is 0 Å². The van der Waals surface area contributed by atoms with Crippen molar-refractivity contribution in [2.75, 3.05) is 13.1 Å². The molecule has 1 aromatic carbocycles. The lowest BCUT2D eigenvalue weighted by Gasteiger charge is -2.42. The molecule has 1 heterocycles. The number of rotatable bonds is 3. The second kappa shape index (κ2) is 5.30. The van der Waals surface area contributed by atoms with Crippen LogP contribution in [0.2, 0.25) is 0 Å². The van der Waals surface area contributed by atoms with E-state index in [1.807, 2.05) is 0 Å². The number of aliphatic hydroxyl groups excluding tert-OH is 1. The molecule has 100 valence electrons. The minimum atomic E-state index is -3.92. The summed E-state index contributed by atoms with van der Waals surface area (Å²) in [6.07, 6.45) is -4.89. The molecular weight excluding hydrogens is 240 g/mol. The summed E-state index contributed by atoms with van der Waals surface area (Å²) in [7, 11) is 0. The molecule has 2 rings (SSSR count). The lowest BCUT2D eigenvalue weighted by Crippen LogP contribution is -2.57. The molecule has 0 spiro atoms. The Hall–Kier alpha value is -1.04. The molecule has 1 aliphatic rings. The maximum absolute atomic E-state index is 13.8. The minimum Gasteiger partial charge on any atom is -0.395 e. The minimum absolute atomic E-state index is 0.0254. The Morgan fingerprint density at radius 1 is 1.50 bits per heavy atom. The van der Waals surface area contributed by atoms with E-state index in [4.69, 9.17) is 2.74 Å². The van der Waals surface area contributed by atoms with Crippen LogP contribution in [-0.2, 0) is 11.3 Å². The Balaban J connectivity index is 2.33. The summed E-state index contributed by atoms with van der Waals surface area (Å²) in [6.45, 7) is -2.06. The summed E-state index contributed by atoms with van der Waals surface area (Å²) in [6, 6.07) is 7.91. The second-order valence-electron chi connectivity index (χ2n) is 4.31. The van der Waals surface area contributed by atoms with Gasteiger partial charge in [0.05, 0.1) is 28.0 Å². The van der Waals surface area contributed by atoms with Gasteiger partial charge in [0, 0.05) is 6.54 Å². The van der Waals surface area contributed by atoms with Crippen LogP contribution in [0, 0.1) is 0 Å². The molecule has 0 saturated carbocycles. The lowest BCUT2D eigenvalue weighted by molar-refractivity contribution is -0.309. The third-order valence-corrected chi connectivity index (χ3v) is 2.93. The maximum atomic E-state index is 13.8. The number of aliphatic hydroxyl groups is 1. The van der Waals surface area contributed by atoms with E-state index >= 15 is 0 Å². The van der Waals surface area contributed by atoms with Crippen LogP contribution in [0.1, 0.15) is 15.2 Å². The van der Waals surface area contributed by atoms with Crippen LogP contribution < -0.4 is 0 Å². The Labute approximate surface area is 108 Å². The van der Waals surface area contributed by atoms with Crippen molar-refractivity contribution < 1.29 is 21.4 Å². The Kier molecular flexibility index (Phi) is 3.19. The van der Waals surface area contributed by atoms with Crippen molar-refractivity contribution in [3.8, 4) is 0 Å². The number of benzene rings is 1. The van der Waals surface area contributed by atoms with E-state index in [9.17, 15) is 13.9 Å². The Morgan fingerprint density at radius 3 is 2.78 bits per heavy atom. The van der Waals surface area contributed by atoms with Gasteiger partial charge in [0.1, 0.15) is 0 Å². The van der Waals surface area contributed by atoms with Crippen molar-refractivity contribution in [1.82, 2.24) is 4.90 Å². The van der Waals surface area contributed by atoms with Crippen LogP contribution >= 0.6 is 0 Å². The van der Waals surface area contributed by atoms with Gasteiger partial charge in [0.2, 0.25) is 0 Å². The van der Waals surface area contributed by atoms with Crippen LogP contribution in [0.5, 0.6) is 0 Å². The summed E-state index contributed by atoms with van der Waals surface area (Å²) in [5.74, 6) is 0. The second-order valence-corrected chi connectivity index (χ2v) is 4.31. The smallest absolute Gasteiger partial charge is 0.368 e. The molecule has 5 heteroatoms. The van der Waals surface area contributed by atoms with Gasteiger partial charge < -0.3 is 9.84 Å². The molecule has 0 aromatic heterocycles. The van der Waals surface area contributed by atoms with Crippen LogP contribution in [0.25, 0.3) is 0 Å². The molecule has 0 radical (unpaired) electrons. The van der Waals surface area contributed by atoms with Crippen molar-refractivity contribution in [3.63, 3.8) is 0 Å². The first-order valence-corrected chi connectivity index (χ1v) is 5.77. The molecule has 18 heavy (non-hydrogen) atoms. The fourth-order valence-corrected chi connectivity index (χ4v) is 2.03. The first kappa shape index (κ1) is 10.8. The van der Waals surface area contributed by atoms with Gasteiger partial charge in [-0.15, -0.1) is 0 Å². The highest BCUT2D eigenvalue weighted by molar-refractivity contribution is 5.14. The highest BCUT2D eigenvalue weighted by Crippen LogP contribution is 2.29. The molecule has 0 aliphatic carbocycles. The quantitative estimate of drug-likeness (QED) is 0.899. The monoisotopic (exact) mass is 259 g/mol. The lowest BCUT2D eigenvalue weighted by atomic mass is 10.1. The molecule has 1 aliphatic heterocycles. The SMILES string of the molecule is [2H]C1([2H])N(Cc2ccccc2)[C@H](CO)[C@H](C)OC1(F)F. The number of morpholine rings is 1. The summed E-state index contributed by atoms with van der Waals surface area (Å²) in [5.41, 5.74) is 0.694. The summed E-state index contributed by atoms with van der Waals surface area (Å²) < 4.78 is 47.3. The molecule has 1 aromatic rings. The maximum Gasteiger partial charge on any atom is 0.368 e. The normalized spacial score (nSPS) is 32.7. The topological polar surface area (TPSA) is 32.7 Å². The molecular formula is C13H17F2NO2. The van der Waals surface area contributed by atoms with Crippen molar-refractivity contribution in [2.24, 2.45) is 0 Å². The summed E-state index contributed by atoms with van der Waals surface area (Å²) >= 11 is 0. The Morgan fingerprint density at radius 2 is 2.17 bits per heavy atom. The predicted molar refractivity (Wildman–Crippen MR) is 63.2 cm³/mol. The van der Waals surface area contributed by atoms with E-state index in [1.54, 1.807) is 30.3 Å². The van der Waals surface area contributed by atoms with Crippen molar-refractivity contribution in [2.45, 2.75) is 31.7 Å². The number of alkyl halides is 2. The number of halogens is 2. The van der Waals surface area contributed by atoms with Crippen LogP contribution in [0.3, 0.4) is 0 Å². The van der Waals surface area contributed by atoms with E-state index in [1.165, 1.54) is 6.92 Å². The highest BCUT2D eigenvalue weighted by atomic mass is 19.3. The van der Waals surface area contributed by atoms with Crippen molar-refractivity contribution in [3.05, 3.63) is 35.9 Å². The van der Waals surface area contributed by atoms with Gasteiger partial charge in [-0.3, -0.25) is 4.90 Å². The molecule has 2 atom stereocenters. The average Bonchev–Trinajstić information content (AvgIpc) is 2.37. The molecule has 1 fully saturated rings. The summed E-state index contributed by atoms with van der Waals surface area (Å²) in [5, 5.41) is 9.38. The number of nitrogens with zero attached hydrogens (tertiary/aromatic N) is 1.